The highest BCUT2D eigenvalue weighted by atomic mass is 19.1. The number of anilines is 2. The molecule has 4 aromatic rings. The van der Waals surface area contributed by atoms with Crippen molar-refractivity contribution < 1.29 is 4.39 Å². The van der Waals surface area contributed by atoms with Crippen molar-refractivity contribution in [3.8, 4) is 0 Å². The van der Waals surface area contributed by atoms with Gasteiger partial charge in [0, 0.05) is 55.6 Å². The normalized spacial score (nSPS) is 13.8. The monoisotopic (exact) mass is 416 g/mol. The van der Waals surface area contributed by atoms with E-state index in [1.807, 2.05) is 37.6 Å². The second-order valence-electron chi connectivity index (χ2n) is 8.12. The second kappa shape index (κ2) is 8.34. The zero-order chi connectivity index (χ0) is 21.2. The molecule has 5 rings (SSSR count). The molecule has 0 unspecified atom stereocenters. The Morgan fingerprint density at radius 3 is 2.81 bits per heavy atom. The van der Waals surface area contributed by atoms with Crippen LogP contribution < -0.4 is 10.2 Å². The number of hydrogen-bond donors (Lipinski definition) is 2. The maximum Gasteiger partial charge on any atom is 0.218 e. The molecule has 1 aliphatic rings. The Morgan fingerprint density at radius 2 is 1.97 bits per heavy atom. The molecule has 2 N–H and O–H groups in total. The Balaban J connectivity index is 1.27. The van der Waals surface area contributed by atoms with E-state index in [1.165, 1.54) is 12.8 Å². The summed E-state index contributed by atoms with van der Waals surface area (Å²) in [6, 6.07) is 9.77. The van der Waals surface area contributed by atoms with E-state index in [0.717, 1.165) is 46.6 Å². The first-order valence-electron chi connectivity index (χ1n) is 10.7. The largest absolute Gasteiger partial charge is 0.366 e. The summed E-state index contributed by atoms with van der Waals surface area (Å²) in [6.07, 6.45) is 8.45. The van der Waals surface area contributed by atoms with Crippen LogP contribution in [0, 0.1) is 12.9 Å². The van der Waals surface area contributed by atoms with E-state index in [9.17, 15) is 4.39 Å². The SMILES string of the molecule is Cc1cnc2[nH]cc(Cc3ccc(NCc4ccnc(N5CCCC5)c4)nc3F)c2c1. The highest BCUT2D eigenvalue weighted by Gasteiger charge is 2.14. The molecule has 0 amide bonds. The van der Waals surface area contributed by atoms with Crippen LogP contribution in [0.25, 0.3) is 11.0 Å². The number of aromatic amines is 1. The van der Waals surface area contributed by atoms with Crippen molar-refractivity contribution in [3.05, 3.63) is 77.1 Å². The van der Waals surface area contributed by atoms with Gasteiger partial charge in [0.15, 0.2) is 0 Å². The van der Waals surface area contributed by atoms with Crippen LogP contribution in [-0.2, 0) is 13.0 Å². The first-order valence-corrected chi connectivity index (χ1v) is 10.7. The Hall–Kier alpha value is -3.48. The van der Waals surface area contributed by atoms with Crippen LogP contribution in [0.15, 0.2) is 48.9 Å². The van der Waals surface area contributed by atoms with Gasteiger partial charge >= 0.3 is 0 Å². The summed E-state index contributed by atoms with van der Waals surface area (Å²) in [6.45, 7) is 4.69. The summed E-state index contributed by atoms with van der Waals surface area (Å²) in [7, 11) is 0. The first kappa shape index (κ1) is 19.5. The van der Waals surface area contributed by atoms with Crippen molar-refractivity contribution in [1.29, 1.82) is 0 Å². The lowest BCUT2D eigenvalue weighted by atomic mass is 10.1. The predicted molar refractivity (Wildman–Crippen MR) is 121 cm³/mol. The summed E-state index contributed by atoms with van der Waals surface area (Å²) < 4.78 is 14.7. The van der Waals surface area contributed by atoms with E-state index in [-0.39, 0.29) is 0 Å². The third-order valence-electron chi connectivity index (χ3n) is 5.77. The van der Waals surface area contributed by atoms with Crippen LogP contribution in [0.3, 0.4) is 0 Å². The van der Waals surface area contributed by atoms with E-state index in [1.54, 1.807) is 6.07 Å². The minimum Gasteiger partial charge on any atom is -0.366 e. The van der Waals surface area contributed by atoms with E-state index in [4.69, 9.17) is 0 Å². The first-order chi connectivity index (χ1) is 15.2. The molecule has 1 aliphatic heterocycles. The van der Waals surface area contributed by atoms with E-state index in [0.29, 0.717) is 24.3 Å². The topological polar surface area (TPSA) is 69.7 Å². The zero-order valence-corrected chi connectivity index (χ0v) is 17.5. The maximum absolute atomic E-state index is 14.7. The van der Waals surface area contributed by atoms with Crippen LogP contribution in [-0.4, -0.2) is 33.0 Å². The molecule has 6 nitrogen and oxygen atoms in total. The van der Waals surface area contributed by atoms with Crippen molar-refractivity contribution in [3.63, 3.8) is 0 Å². The average Bonchev–Trinajstić information content (AvgIpc) is 3.45. The highest BCUT2D eigenvalue weighted by Crippen LogP contribution is 2.23. The van der Waals surface area contributed by atoms with Gasteiger partial charge in [-0.3, -0.25) is 0 Å². The molecule has 0 radical (unpaired) electrons. The number of fused-ring (bicyclic) bond motifs is 1. The quantitative estimate of drug-likeness (QED) is 0.450. The highest BCUT2D eigenvalue weighted by molar-refractivity contribution is 5.80. The van der Waals surface area contributed by atoms with Crippen molar-refractivity contribution in [2.75, 3.05) is 23.3 Å². The van der Waals surface area contributed by atoms with Crippen LogP contribution in [0.4, 0.5) is 16.0 Å². The van der Waals surface area contributed by atoms with Gasteiger partial charge in [0.2, 0.25) is 5.95 Å². The minimum absolute atomic E-state index is 0.451. The minimum atomic E-state index is -0.451. The Morgan fingerprint density at radius 1 is 1.10 bits per heavy atom. The lowest BCUT2D eigenvalue weighted by Crippen LogP contribution is -2.19. The zero-order valence-electron chi connectivity index (χ0n) is 17.5. The van der Waals surface area contributed by atoms with Crippen molar-refractivity contribution in [2.45, 2.75) is 32.7 Å². The standard InChI is InChI=1S/C24H25FN6/c1-16-10-20-19(15-29-24(20)28-13-16)12-18-4-5-21(30-23(18)25)27-14-17-6-7-26-22(11-17)31-8-2-3-9-31/h4-7,10-11,13,15H,2-3,8-9,12,14H2,1H3,(H,27,30)(H,28,29). The number of aromatic nitrogens is 4. The van der Waals surface area contributed by atoms with Crippen molar-refractivity contribution in [1.82, 2.24) is 19.9 Å². The van der Waals surface area contributed by atoms with E-state index in [2.05, 4.69) is 42.3 Å². The summed E-state index contributed by atoms with van der Waals surface area (Å²) >= 11 is 0. The van der Waals surface area contributed by atoms with Crippen LogP contribution >= 0.6 is 0 Å². The lowest BCUT2D eigenvalue weighted by molar-refractivity contribution is 0.571. The smallest absolute Gasteiger partial charge is 0.218 e. The lowest BCUT2D eigenvalue weighted by Gasteiger charge is -2.17. The van der Waals surface area contributed by atoms with Gasteiger partial charge < -0.3 is 15.2 Å². The number of aryl methyl sites for hydroxylation is 1. The van der Waals surface area contributed by atoms with Gasteiger partial charge in [-0.2, -0.15) is 4.39 Å². The molecule has 5 heterocycles. The fourth-order valence-electron chi connectivity index (χ4n) is 4.09. The molecule has 7 heteroatoms. The maximum atomic E-state index is 14.7. The van der Waals surface area contributed by atoms with E-state index < -0.39 is 5.95 Å². The number of rotatable bonds is 6. The van der Waals surface area contributed by atoms with Crippen LogP contribution in [0.2, 0.25) is 0 Å². The number of hydrogen-bond acceptors (Lipinski definition) is 5. The molecule has 0 atom stereocenters. The molecule has 0 aromatic carbocycles. The van der Waals surface area contributed by atoms with Gasteiger partial charge in [0.05, 0.1) is 0 Å². The number of pyridine rings is 3. The third-order valence-corrected chi connectivity index (χ3v) is 5.77. The van der Waals surface area contributed by atoms with Crippen LogP contribution in [0.5, 0.6) is 0 Å². The number of nitrogens with one attached hydrogen (secondary N) is 2. The van der Waals surface area contributed by atoms with Gasteiger partial charge in [0.25, 0.3) is 0 Å². The van der Waals surface area contributed by atoms with E-state index >= 15 is 0 Å². The van der Waals surface area contributed by atoms with Crippen molar-refractivity contribution in [2.24, 2.45) is 0 Å². The molecule has 1 fully saturated rings. The molecule has 158 valence electrons. The summed E-state index contributed by atoms with van der Waals surface area (Å²) in [5.41, 5.74) is 4.57. The summed E-state index contributed by atoms with van der Waals surface area (Å²) in [4.78, 5) is 18.5. The molecule has 1 saturated heterocycles. The molecule has 4 aromatic heterocycles. The number of H-pyrrole nitrogens is 1. The van der Waals surface area contributed by atoms with Gasteiger partial charge in [0.1, 0.15) is 17.3 Å². The van der Waals surface area contributed by atoms with Gasteiger partial charge in [-0.05, 0) is 60.7 Å². The molecular weight excluding hydrogens is 391 g/mol. The van der Waals surface area contributed by atoms with Crippen molar-refractivity contribution >= 4 is 22.7 Å². The second-order valence-corrected chi connectivity index (χ2v) is 8.12. The molecule has 0 spiro atoms. The summed E-state index contributed by atoms with van der Waals surface area (Å²) in [5, 5.41) is 4.25. The fourth-order valence-corrected chi connectivity index (χ4v) is 4.09. The molecule has 0 saturated carbocycles. The average molecular weight is 417 g/mol. The number of halogens is 1. The van der Waals surface area contributed by atoms with Gasteiger partial charge in [-0.1, -0.05) is 6.07 Å². The van der Waals surface area contributed by atoms with Crippen LogP contribution in [0.1, 0.15) is 35.1 Å². The predicted octanol–water partition coefficient (Wildman–Crippen LogP) is 4.60. The summed E-state index contributed by atoms with van der Waals surface area (Å²) in [5.74, 6) is 1.08. The van der Waals surface area contributed by atoms with Gasteiger partial charge in [-0.15, -0.1) is 0 Å². The Kier molecular flexibility index (Phi) is 5.24. The Bertz CT molecular complexity index is 1210. The molecule has 31 heavy (non-hydrogen) atoms. The fraction of sp³-hybridized carbons (Fsp3) is 0.292. The molecule has 0 aliphatic carbocycles. The molecular formula is C24H25FN6. The third kappa shape index (κ3) is 4.21. The van der Waals surface area contributed by atoms with Gasteiger partial charge in [-0.25, -0.2) is 15.0 Å². The molecule has 0 bridgehead atoms. The Labute approximate surface area is 180 Å². The number of nitrogens with zero attached hydrogens (tertiary/aromatic N) is 4.